The second kappa shape index (κ2) is 4.47. The van der Waals surface area contributed by atoms with Gasteiger partial charge in [0, 0.05) is 11.8 Å². The highest BCUT2D eigenvalue weighted by Crippen LogP contribution is 2.07. The van der Waals surface area contributed by atoms with Gasteiger partial charge >= 0.3 is 0 Å². The highest BCUT2D eigenvalue weighted by molar-refractivity contribution is 7.80. The minimum absolute atomic E-state index is 0.0136. The summed E-state index contributed by atoms with van der Waals surface area (Å²) in [6.45, 7) is 1.81. The van der Waals surface area contributed by atoms with Gasteiger partial charge in [0.25, 0.3) is 0 Å². The van der Waals surface area contributed by atoms with Gasteiger partial charge < -0.3 is 5.73 Å². The summed E-state index contributed by atoms with van der Waals surface area (Å²) in [5.74, 6) is 0. The Bertz CT molecular complexity index is 619. The van der Waals surface area contributed by atoms with Crippen molar-refractivity contribution in [1.29, 1.82) is 0 Å². The molecule has 0 saturated carbocycles. The maximum atomic E-state index is 11.6. The Labute approximate surface area is 104 Å². The van der Waals surface area contributed by atoms with Crippen molar-refractivity contribution in [3.05, 3.63) is 58.0 Å². The van der Waals surface area contributed by atoms with E-state index < -0.39 is 0 Å². The van der Waals surface area contributed by atoms with Crippen LogP contribution in [0.25, 0.3) is 5.69 Å². The number of nitrogens with two attached hydrogens (primary N) is 1. The molecule has 0 aliphatic carbocycles. The zero-order chi connectivity index (χ0) is 12.4. The van der Waals surface area contributed by atoms with Crippen molar-refractivity contribution < 1.29 is 0 Å². The molecule has 0 atom stereocenters. The monoisotopic (exact) mass is 245 g/mol. The molecule has 86 valence electrons. The molecule has 0 radical (unpaired) electrons. The molecule has 0 aliphatic rings. The van der Waals surface area contributed by atoms with E-state index in [2.05, 4.69) is 5.10 Å². The molecule has 0 fully saturated rings. The quantitative estimate of drug-likeness (QED) is 0.807. The summed E-state index contributed by atoms with van der Waals surface area (Å²) in [6, 6.07) is 11.0. The summed E-state index contributed by atoms with van der Waals surface area (Å²) in [4.78, 5) is 11.6. The summed E-state index contributed by atoms with van der Waals surface area (Å²) < 4.78 is 1.65. The van der Waals surface area contributed by atoms with E-state index in [0.29, 0.717) is 0 Å². The van der Waals surface area contributed by atoms with Crippen LogP contribution in [0.4, 0.5) is 0 Å². The minimum atomic E-state index is -0.248. The van der Waals surface area contributed by atoms with Crippen molar-refractivity contribution in [1.82, 2.24) is 9.78 Å². The van der Waals surface area contributed by atoms with E-state index in [1.807, 2.05) is 37.3 Å². The first-order valence-electron chi connectivity index (χ1n) is 5.06. The third-order valence-electron chi connectivity index (χ3n) is 2.34. The third kappa shape index (κ3) is 2.24. The molecular weight excluding hydrogens is 234 g/mol. The van der Waals surface area contributed by atoms with Crippen LogP contribution in [0.3, 0.4) is 0 Å². The molecule has 0 amide bonds. The number of nitrogens with zero attached hydrogens (tertiary/aromatic N) is 2. The van der Waals surface area contributed by atoms with Crippen molar-refractivity contribution in [2.24, 2.45) is 5.73 Å². The number of aryl methyl sites for hydroxylation is 1. The average Bonchev–Trinajstić information content (AvgIpc) is 2.29. The first-order chi connectivity index (χ1) is 8.09. The van der Waals surface area contributed by atoms with Crippen molar-refractivity contribution in [3.63, 3.8) is 0 Å². The Morgan fingerprint density at radius 3 is 2.59 bits per heavy atom. The molecule has 4 nitrogen and oxygen atoms in total. The Morgan fingerprint density at radius 1 is 1.35 bits per heavy atom. The molecule has 0 spiro atoms. The lowest BCUT2D eigenvalue weighted by Gasteiger charge is -2.10. The van der Waals surface area contributed by atoms with Crippen LogP contribution in [0.1, 0.15) is 11.4 Å². The second-order valence-electron chi connectivity index (χ2n) is 3.61. The minimum Gasteiger partial charge on any atom is -0.388 e. The zero-order valence-corrected chi connectivity index (χ0v) is 10.1. The molecular formula is C12H11N3OS. The molecule has 2 N–H and O–H groups in total. The fourth-order valence-electron chi connectivity index (χ4n) is 1.55. The lowest BCUT2D eigenvalue weighted by Crippen LogP contribution is -2.26. The molecule has 0 aliphatic heterocycles. The first kappa shape index (κ1) is 11.5. The molecule has 2 rings (SSSR count). The van der Waals surface area contributed by atoms with Gasteiger partial charge in [-0.15, -0.1) is 0 Å². The van der Waals surface area contributed by atoms with Crippen LogP contribution in [0.15, 0.2) is 41.2 Å². The smallest absolute Gasteiger partial charge is 0.210 e. The van der Waals surface area contributed by atoms with Gasteiger partial charge in [0.2, 0.25) is 5.43 Å². The van der Waals surface area contributed by atoms with Gasteiger partial charge in [-0.2, -0.15) is 5.10 Å². The maximum absolute atomic E-state index is 11.6. The Hall–Kier alpha value is -2.01. The van der Waals surface area contributed by atoms with Gasteiger partial charge in [-0.1, -0.05) is 30.4 Å². The van der Waals surface area contributed by atoms with Crippen LogP contribution < -0.4 is 11.2 Å². The number of hydrogen-bond acceptors (Lipinski definition) is 3. The molecule has 1 heterocycles. The molecule has 0 unspecified atom stereocenters. The summed E-state index contributed by atoms with van der Waals surface area (Å²) in [5, 5.41) is 4.18. The second-order valence-corrected chi connectivity index (χ2v) is 4.05. The molecule has 1 aromatic heterocycles. The SMILES string of the molecule is Cc1cc(=O)c(C(N)=S)nn1-c1ccccc1. The van der Waals surface area contributed by atoms with E-state index in [1.165, 1.54) is 6.07 Å². The highest BCUT2D eigenvalue weighted by Gasteiger charge is 2.09. The van der Waals surface area contributed by atoms with Gasteiger partial charge in [-0.25, -0.2) is 4.68 Å². The van der Waals surface area contributed by atoms with Crippen molar-refractivity contribution >= 4 is 17.2 Å². The number of hydrogen-bond donors (Lipinski definition) is 1. The average molecular weight is 245 g/mol. The topological polar surface area (TPSA) is 60.9 Å². The molecule has 0 bridgehead atoms. The Kier molecular flexibility index (Phi) is 3.01. The predicted octanol–water partition coefficient (Wildman–Crippen LogP) is 1.18. The van der Waals surface area contributed by atoms with Gasteiger partial charge in [-0.3, -0.25) is 4.79 Å². The van der Waals surface area contributed by atoms with Gasteiger partial charge in [-0.05, 0) is 19.1 Å². The Morgan fingerprint density at radius 2 is 2.00 bits per heavy atom. The van der Waals surface area contributed by atoms with Crippen molar-refractivity contribution in [3.8, 4) is 5.69 Å². The standard InChI is InChI=1S/C12H11N3OS/c1-8-7-10(16)11(12(13)17)14-15(8)9-5-3-2-4-6-9/h2-7H,1H3,(H2,13,17). The number of para-hydroxylation sites is 1. The number of benzene rings is 1. The van der Waals surface area contributed by atoms with Crippen molar-refractivity contribution in [2.45, 2.75) is 6.92 Å². The fourth-order valence-corrected chi connectivity index (χ4v) is 1.69. The lowest BCUT2D eigenvalue weighted by atomic mass is 10.3. The van der Waals surface area contributed by atoms with Gasteiger partial charge in [0.15, 0.2) is 5.69 Å². The van der Waals surface area contributed by atoms with Gasteiger partial charge in [0.05, 0.1) is 5.69 Å². The molecule has 5 heteroatoms. The van der Waals surface area contributed by atoms with E-state index in [9.17, 15) is 4.79 Å². The van der Waals surface area contributed by atoms with E-state index in [4.69, 9.17) is 18.0 Å². The molecule has 0 saturated heterocycles. The number of thiocarbonyl (C=S) groups is 1. The molecule has 17 heavy (non-hydrogen) atoms. The number of rotatable bonds is 2. The van der Waals surface area contributed by atoms with E-state index >= 15 is 0 Å². The lowest BCUT2D eigenvalue weighted by molar-refractivity contribution is 0.794. The van der Waals surface area contributed by atoms with E-state index in [-0.39, 0.29) is 16.1 Å². The third-order valence-corrected chi connectivity index (χ3v) is 2.53. The van der Waals surface area contributed by atoms with E-state index in [1.54, 1.807) is 4.68 Å². The van der Waals surface area contributed by atoms with Gasteiger partial charge in [0.1, 0.15) is 4.99 Å². The van der Waals surface area contributed by atoms with Crippen LogP contribution >= 0.6 is 12.2 Å². The summed E-state index contributed by atoms with van der Waals surface area (Å²) in [6.07, 6.45) is 0. The summed E-state index contributed by atoms with van der Waals surface area (Å²) in [7, 11) is 0. The Balaban J connectivity index is 2.67. The van der Waals surface area contributed by atoms with Crippen LogP contribution in [0.2, 0.25) is 0 Å². The molecule has 1 aromatic carbocycles. The summed E-state index contributed by atoms with van der Waals surface area (Å²) >= 11 is 4.80. The fraction of sp³-hybridized carbons (Fsp3) is 0.0833. The predicted molar refractivity (Wildman–Crippen MR) is 70.5 cm³/mol. The zero-order valence-electron chi connectivity index (χ0n) is 9.25. The van der Waals surface area contributed by atoms with Crippen LogP contribution in [0.5, 0.6) is 0 Å². The maximum Gasteiger partial charge on any atom is 0.210 e. The first-order valence-corrected chi connectivity index (χ1v) is 5.46. The van der Waals surface area contributed by atoms with Crippen molar-refractivity contribution in [2.75, 3.05) is 0 Å². The normalized spacial score (nSPS) is 10.2. The molecule has 2 aromatic rings. The largest absolute Gasteiger partial charge is 0.388 e. The van der Waals surface area contributed by atoms with Crippen LogP contribution in [-0.4, -0.2) is 14.8 Å². The highest BCUT2D eigenvalue weighted by atomic mass is 32.1. The van der Waals surface area contributed by atoms with Crippen LogP contribution in [0, 0.1) is 6.92 Å². The summed E-state index contributed by atoms with van der Waals surface area (Å²) in [5.41, 5.74) is 6.94. The number of aromatic nitrogens is 2. The van der Waals surface area contributed by atoms with Crippen LogP contribution in [-0.2, 0) is 0 Å². The van der Waals surface area contributed by atoms with E-state index in [0.717, 1.165) is 11.4 Å².